The second-order valence-corrected chi connectivity index (χ2v) is 10.2. The Balaban J connectivity index is 1.97. The normalized spacial score (nSPS) is 14.6. The van der Waals surface area contributed by atoms with E-state index in [0.29, 0.717) is 16.1 Å². The molecule has 0 aliphatic rings. The molecule has 0 saturated heterocycles. The van der Waals surface area contributed by atoms with Gasteiger partial charge in [0.2, 0.25) is 13.3 Å². The van der Waals surface area contributed by atoms with Crippen molar-refractivity contribution < 1.29 is 18.3 Å². The lowest BCUT2D eigenvalue weighted by atomic mass is 10.1. The lowest BCUT2D eigenvalue weighted by molar-refractivity contribution is -0.120. The van der Waals surface area contributed by atoms with Gasteiger partial charge in [-0.25, -0.2) is 4.39 Å². The lowest BCUT2D eigenvalue weighted by Gasteiger charge is -2.22. The van der Waals surface area contributed by atoms with Crippen LogP contribution < -0.4 is 11.1 Å². The van der Waals surface area contributed by atoms with Gasteiger partial charge in [-0.2, -0.15) is 0 Å². The highest BCUT2D eigenvalue weighted by atomic mass is 35.5. The van der Waals surface area contributed by atoms with Gasteiger partial charge in [0.15, 0.2) is 0 Å². The Morgan fingerprint density at radius 3 is 2.77 bits per heavy atom. The number of nitrogens with one attached hydrogen (secondary N) is 1. The zero-order chi connectivity index (χ0) is 22.8. The predicted octanol–water partition coefficient (Wildman–Crippen LogP) is 5.33. The molecule has 2 atom stereocenters. The maximum absolute atomic E-state index is 13.6. The Kier molecular flexibility index (Phi) is 6.90. The monoisotopic (exact) mass is 463 g/mol. The molecule has 31 heavy (non-hydrogen) atoms. The molecule has 6 nitrogen and oxygen atoms in total. The van der Waals surface area contributed by atoms with Crippen molar-refractivity contribution in [2.45, 2.75) is 12.6 Å². The van der Waals surface area contributed by atoms with E-state index in [9.17, 15) is 13.8 Å². The molecule has 1 aromatic heterocycles. The van der Waals surface area contributed by atoms with E-state index in [4.69, 9.17) is 21.9 Å². The Morgan fingerprint density at radius 2 is 2.10 bits per heavy atom. The number of amides is 1. The summed E-state index contributed by atoms with van der Waals surface area (Å²) in [5.74, 6) is -1.05. The molecule has 0 spiro atoms. The van der Waals surface area contributed by atoms with Crippen molar-refractivity contribution in [3.63, 3.8) is 0 Å². The molecule has 0 aliphatic carbocycles. The van der Waals surface area contributed by atoms with Crippen molar-refractivity contribution in [2.24, 2.45) is 7.05 Å². The molecule has 1 heterocycles. The fourth-order valence-corrected chi connectivity index (χ4v) is 5.54. The molecular weight excluding hydrogens is 440 g/mol. The SMILES string of the molecule is CCOP(C)(=O)C(C(=O)N/C=C/c1ccc(N)c(F)c1)c1cn(C)c2ccc(Cl)cc12. The summed E-state index contributed by atoms with van der Waals surface area (Å²) in [6.07, 6.45) is 4.67. The molecule has 3 N–H and O–H groups in total. The number of fused-ring (bicyclic) bond motifs is 1. The first kappa shape index (κ1) is 23.1. The van der Waals surface area contributed by atoms with Gasteiger partial charge in [0, 0.05) is 42.0 Å². The van der Waals surface area contributed by atoms with Gasteiger partial charge in [-0.05, 0) is 54.5 Å². The first-order chi connectivity index (χ1) is 14.6. The lowest BCUT2D eigenvalue weighted by Crippen LogP contribution is -2.25. The predicted molar refractivity (Wildman–Crippen MR) is 124 cm³/mol. The van der Waals surface area contributed by atoms with Crippen molar-refractivity contribution in [3.05, 3.63) is 70.8 Å². The minimum absolute atomic E-state index is 0.0412. The van der Waals surface area contributed by atoms with Crippen molar-refractivity contribution >= 4 is 47.5 Å². The Labute approximate surface area is 185 Å². The quantitative estimate of drug-likeness (QED) is 0.366. The van der Waals surface area contributed by atoms with Crippen LogP contribution in [0.25, 0.3) is 17.0 Å². The Bertz CT molecular complexity index is 1210. The molecule has 2 unspecified atom stereocenters. The average molecular weight is 464 g/mol. The molecule has 0 aliphatic heterocycles. The number of hydrogen-bond acceptors (Lipinski definition) is 4. The second-order valence-electron chi connectivity index (χ2n) is 7.21. The zero-order valence-corrected chi connectivity index (χ0v) is 19.1. The summed E-state index contributed by atoms with van der Waals surface area (Å²) in [5, 5.41) is 3.88. The van der Waals surface area contributed by atoms with Crippen LogP contribution in [0.3, 0.4) is 0 Å². The third kappa shape index (κ3) is 5.01. The van der Waals surface area contributed by atoms with Gasteiger partial charge in [0.05, 0.1) is 12.3 Å². The number of nitrogen functional groups attached to an aromatic ring is 1. The summed E-state index contributed by atoms with van der Waals surface area (Å²) >= 11 is 6.17. The van der Waals surface area contributed by atoms with Crippen LogP contribution in [0.4, 0.5) is 10.1 Å². The second kappa shape index (κ2) is 9.27. The largest absolute Gasteiger partial charge is 0.396 e. The first-order valence-corrected chi connectivity index (χ1v) is 12.1. The van der Waals surface area contributed by atoms with Crippen LogP contribution in [-0.4, -0.2) is 23.7 Å². The van der Waals surface area contributed by atoms with Gasteiger partial charge in [-0.3, -0.25) is 9.36 Å². The van der Waals surface area contributed by atoms with Crippen molar-refractivity contribution in [1.82, 2.24) is 9.88 Å². The van der Waals surface area contributed by atoms with Crippen LogP contribution >= 0.6 is 19.0 Å². The first-order valence-electron chi connectivity index (χ1n) is 9.62. The number of halogens is 2. The number of aromatic nitrogens is 1. The van der Waals surface area contributed by atoms with E-state index in [2.05, 4.69) is 5.32 Å². The molecular formula is C22H24ClFN3O3P. The van der Waals surface area contributed by atoms with Gasteiger partial charge >= 0.3 is 0 Å². The number of carbonyl (C=O) groups is 1. The van der Waals surface area contributed by atoms with E-state index in [1.807, 2.05) is 17.7 Å². The van der Waals surface area contributed by atoms with Crippen LogP contribution in [0.15, 0.2) is 48.8 Å². The summed E-state index contributed by atoms with van der Waals surface area (Å²) in [7, 11) is -1.55. The molecule has 9 heteroatoms. The summed E-state index contributed by atoms with van der Waals surface area (Å²) in [6.45, 7) is 3.37. The summed E-state index contributed by atoms with van der Waals surface area (Å²) < 4.78 is 34.4. The number of rotatable bonds is 7. The molecule has 3 rings (SSSR count). The van der Waals surface area contributed by atoms with E-state index in [-0.39, 0.29) is 12.3 Å². The van der Waals surface area contributed by atoms with Gasteiger partial charge in [0.1, 0.15) is 11.5 Å². The number of hydrogen-bond donors (Lipinski definition) is 2. The van der Waals surface area contributed by atoms with E-state index < -0.39 is 24.8 Å². The van der Waals surface area contributed by atoms with Gasteiger partial charge < -0.3 is 20.1 Å². The number of aryl methyl sites for hydroxylation is 1. The highest BCUT2D eigenvalue weighted by Crippen LogP contribution is 2.58. The molecule has 2 aromatic carbocycles. The fourth-order valence-electron chi connectivity index (χ4n) is 3.50. The smallest absolute Gasteiger partial charge is 0.241 e. The minimum Gasteiger partial charge on any atom is -0.396 e. The maximum Gasteiger partial charge on any atom is 0.241 e. The van der Waals surface area contributed by atoms with Crippen LogP contribution in [-0.2, 0) is 20.9 Å². The average Bonchev–Trinajstić information content (AvgIpc) is 2.99. The third-order valence-corrected chi connectivity index (χ3v) is 7.36. The highest BCUT2D eigenvalue weighted by Gasteiger charge is 2.38. The highest BCUT2D eigenvalue weighted by molar-refractivity contribution is 7.59. The van der Waals surface area contributed by atoms with Crippen molar-refractivity contribution in [2.75, 3.05) is 19.0 Å². The summed E-state index contributed by atoms with van der Waals surface area (Å²) in [4.78, 5) is 13.2. The third-order valence-electron chi connectivity index (χ3n) is 4.91. The maximum atomic E-state index is 13.6. The minimum atomic E-state index is -3.39. The standard InChI is InChI=1S/C22H24ClFN3O3P/c1-4-30-31(3,29)21(17-13-27(2)20-8-6-15(23)12-16(17)20)22(28)26-10-9-14-5-7-19(25)18(24)11-14/h5-13,21H,4,25H2,1-3H3,(H,26,28)/b10-9+. The number of nitrogens with zero attached hydrogens (tertiary/aromatic N) is 1. The molecule has 0 radical (unpaired) electrons. The number of carbonyl (C=O) groups excluding carboxylic acids is 1. The Morgan fingerprint density at radius 1 is 1.35 bits per heavy atom. The molecule has 0 saturated carbocycles. The van der Waals surface area contributed by atoms with Crippen LogP contribution in [0.2, 0.25) is 5.02 Å². The van der Waals surface area contributed by atoms with E-state index in [0.717, 1.165) is 10.9 Å². The van der Waals surface area contributed by atoms with Crippen molar-refractivity contribution in [1.29, 1.82) is 0 Å². The van der Waals surface area contributed by atoms with E-state index in [1.165, 1.54) is 31.1 Å². The van der Waals surface area contributed by atoms with Crippen LogP contribution in [0, 0.1) is 5.82 Å². The van der Waals surface area contributed by atoms with Crippen LogP contribution in [0.5, 0.6) is 0 Å². The molecule has 164 valence electrons. The van der Waals surface area contributed by atoms with Gasteiger partial charge in [0.25, 0.3) is 0 Å². The molecule has 0 bridgehead atoms. The molecule has 1 amide bonds. The number of anilines is 1. The molecule has 0 fully saturated rings. The number of benzene rings is 2. The van der Waals surface area contributed by atoms with Crippen molar-refractivity contribution in [3.8, 4) is 0 Å². The van der Waals surface area contributed by atoms with E-state index in [1.54, 1.807) is 31.3 Å². The topological polar surface area (TPSA) is 86.3 Å². The van der Waals surface area contributed by atoms with E-state index >= 15 is 0 Å². The fraction of sp³-hybridized carbons (Fsp3) is 0.227. The van der Waals surface area contributed by atoms with Crippen LogP contribution in [0.1, 0.15) is 23.7 Å². The van der Waals surface area contributed by atoms with Gasteiger partial charge in [-0.15, -0.1) is 0 Å². The zero-order valence-electron chi connectivity index (χ0n) is 17.4. The summed E-state index contributed by atoms with van der Waals surface area (Å²) in [6, 6.07) is 9.65. The Hall–Kier alpha value is -2.60. The molecule has 3 aromatic rings. The summed E-state index contributed by atoms with van der Waals surface area (Å²) in [5.41, 5.74) is 6.39. The van der Waals surface area contributed by atoms with Gasteiger partial charge in [-0.1, -0.05) is 17.7 Å². The number of nitrogens with two attached hydrogens (primary N) is 1.